The van der Waals surface area contributed by atoms with Crippen LogP contribution in [0.5, 0.6) is 0 Å². The van der Waals surface area contributed by atoms with Gasteiger partial charge in [-0.15, -0.1) is 0 Å². The molecular weight excluding hydrogens is 262 g/mol. The molecule has 1 aromatic rings. The summed E-state index contributed by atoms with van der Waals surface area (Å²) in [5.41, 5.74) is -0.153. The molecule has 0 spiro atoms. The molecule has 0 unspecified atom stereocenters. The van der Waals surface area contributed by atoms with Crippen molar-refractivity contribution in [2.24, 2.45) is 5.92 Å². The van der Waals surface area contributed by atoms with Crippen LogP contribution in [0.1, 0.15) is 36.0 Å². The maximum absolute atomic E-state index is 13.7. The van der Waals surface area contributed by atoms with Crippen LogP contribution >= 0.6 is 0 Å². The molecular formula is C15H20F2N2O. The lowest BCUT2D eigenvalue weighted by molar-refractivity contribution is 0.0772. The Bertz CT molecular complexity index is 476. The van der Waals surface area contributed by atoms with Crippen molar-refractivity contribution in [3.8, 4) is 0 Å². The second kappa shape index (κ2) is 6.20. The summed E-state index contributed by atoms with van der Waals surface area (Å²) in [6.07, 6.45) is 4.65. The first-order chi connectivity index (χ1) is 9.52. The molecule has 1 N–H and O–H groups in total. The summed E-state index contributed by atoms with van der Waals surface area (Å²) >= 11 is 0. The minimum atomic E-state index is -0.745. The number of benzene rings is 1. The third kappa shape index (κ3) is 3.08. The van der Waals surface area contributed by atoms with E-state index in [-0.39, 0.29) is 17.2 Å². The van der Waals surface area contributed by atoms with Crippen LogP contribution in [0.2, 0.25) is 0 Å². The van der Waals surface area contributed by atoms with E-state index in [1.165, 1.54) is 19.9 Å². The predicted molar refractivity (Wildman–Crippen MR) is 74.8 cm³/mol. The summed E-state index contributed by atoms with van der Waals surface area (Å²) < 4.78 is 27.3. The number of nitrogens with zero attached hydrogens (tertiary/aromatic N) is 1. The van der Waals surface area contributed by atoms with E-state index in [1.54, 1.807) is 11.9 Å². The molecule has 0 bridgehead atoms. The van der Waals surface area contributed by atoms with E-state index in [9.17, 15) is 13.6 Å². The molecule has 1 amide bonds. The number of carbonyl (C=O) groups is 1. The highest BCUT2D eigenvalue weighted by Crippen LogP contribution is 2.26. The van der Waals surface area contributed by atoms with Gasteiger partial charge in [-0.05, 0) is 30.9 Å². The second-order valence-electron chi connectivity index (χ2n) is 5.40. The Morgan fingerprint density at radius 3 is 2.35 bits per heavy atom. The van der Waals surface area contributed by atoms with E-state index in [0.29, 0.717) is 12.5 Å². The monoisotopic (exact) mass is 282 g/mol. The Balaban J connectivity index is 2.11. The van der Waals surface area contributed by atoms with Crippen LogP contribution in [0.4, 0.5) is 14.5 Å². The van der Waals surface area contributed by atoms with Crippen LogP contribution in [0.15, 0.2) is 12.1 Å². The zero-order valence-electron chi connectivity index (χ0n) is 11.9. The molecule has 5 heteroatoms. The highest BCUT2D eigenvalue weighted by molar-refractivity contribution is 5.94. The Hall–Kier alpha value is -1.65. The summed E-state index contributed by atoms with van der Waals surface area (Å²) in [5.74, 6) is -1.32. The summed E-state index contributed by atoms with van der Waals surface area (Å²) in [5, 5.41) is 2.44. The van der Waals surface area contributed by atoms with E-state index in [4.69, 9.17) is 0 Å². The number of anilines is 1. The Labute approximate surface area is 118 Å². The maximum atomic E-state index is 13.7. The highest BCUT2D eigenvalue weighted by Gasteiger charge is 2.22. The molecule has 3 nitrogen and oxygen atoms in total. The van der Waals surface area contributed by atoms with Crippen LogP contribution < -0.4 is 5.32 Å². The molecule has 0 aromatic heterocycles. The summed E-state index contributed by atoms with van der Waals surface area (Å²) in [6.45, 7) is 0.649. The smallest absolute Gasteiger partial charge is 0.253 e. The Morgan fingerprint density at radius 2 is 1.85 bits per heavy atom. The first-order valence-electron chi connectivity index (χ1n) is 6.95. The van der Waals surface area contributed by atoms with E-state index < -0.39 is 11.6 Å². The molecule has 1 aliphatic rings. The SMILES string of the molecule is CNc1c(F)cc(C(=O)N(C)CC2CCCC2)cc1F. The van der Waals surface area contributed by atoms with E-state index in [0.717, 1.165) is 25.0 Å². The first kappa shape index (κ1) is 14.8. The zero-order valence-corrected chi connectivity index (χ0v) is 11.9. The Kier molecular flexibility index (Phi) is 4.57. The molecule has 0 radical (unpaired) electrons. The van der Waals surface area contributed by atoms with Crippen LogP contribution in [0.3, 0.4) is 0 Å². The molecule has 0 aliphatic heterocycles. The molecule has 1 saturated carbocycles. The lowest BCUT2D eigenvalue weighted by Crippen LogP contribution is -2.31. The van der Waals surface area contributed by atoms with Crippen LogP contribution in [0.25, 0.3) is 0 Å². The van der Waals surface area contributed by atoms with Gasteiger partial charge in [-0.3, -0.25) is 4.79 Å². The van der Waals surface area contributed by atoms with Gasteiger partial charge in [-0.1, -0.05) is 12.8 Å². The maximum Gasteiger partial charge on any atom is 0.253 e. The fourth-order valence-electron chi connectivity index (χ4n) is 2.82. The average Bonchev–Trinajstić information content (AvgIpc) is 2.90. The van der Waals surface area contributed by atoms with Gasteiger partial charge in [0.05, 0.1) is 0 Å². The minimum Gasteiger partial charge on any atom is -0.383 e. The molecule has 1 fully saturated rings. The third-order valence-corrected chi connectivity index (χ3v) is 3.89. The fourth-order valence-corrected chi connectivity index (χ4v) is 2.82. The summed E-state index contributed by atoms with van der Waals surface area (Å²) in [4.78, 5) is 13.8. The van der Waals surface area contributed by atoms with Gasteiger partial charge in [-0.25, -0.2) is 8.78 Å². The molecule has 0 heterocycles. The van der Waals surface area contributed by atoms with Crippen molar-refractivity contribution in [2.45, 2.75) is 25.7 Å². The number of halogens is 2. The predicted octanol–water partition coefficient (Wildman–Crippen LogP) is 3.27. The topological polar surface area (TPSA) is 32.3 Å². The number of rotatable bonds is 4. The molecule has 20 heavy (non-hydrogen) atoms. The third-order valence-electron chi connectivity index (χ3n) is 3.89. The molecule has 1 aromatic carbocycles. The van der Waals surface area contributed by atoms with Crippen molar-refractivity contribution < 1.29 is 13.6 Å². The van der Waals surface area contributed by atoms with Gasteiger partial charge in [0.15, 0.2) is 0 Å². The average molecular weight is 282 g/mol. The quantitative estimate of drug-likeness (QED) is 0.919. The standard InChI is InChI=1S/C15H20F2N2O/c1-18-14-12(16)7-11(8-13(14)17)15(20)19(2)9-10-5-3-4-6-10/h7-8,10,18H,3-6,9H2,1-2H3. The van der Waals surface area contributed by atoms with E-state index in [2.05, 4.69) is 5.32 Å². The van der Waals surface area contributed by atoms with Crippen LogP contribution in [0, 0.1) is 17.6 Å². The number of carbonyl (C=O) groups excluding carboxylic acids is 1. The van der Waals surface area contributed by atoms with Gasteiger partial charge in [-0.2, -0.15) is 0 Å². The van der Waals surface area contributed by atoms with Gasteiger partial charge in [0.25, 0.3) is 5.91 Å². The Morgan fingerprint density at radius 1 is 1.30 bits per heavy atom. The van der Waals surface area contributed by atoms with Crippen molar-refractivity contribution in [2.75, 3.05) is 26.0 Å². The molecule has 2 rings (SSSR count). The number of hydrogen-bond donors (Lipinski definition) is 1. The van der Waals surface area contributed by atoms with Gasteiger partial charge >= 0.3 is 0 Å². The van der Waals surface area contributed by atoms with Crippen LogP contribution in [-0.4, -0.2) is 31.4 Å². The normalized spacial score (nSPS) is 15.4. The van der Waals surface area contributed by atoms with E-state index >= 15 is 0 Å². The van der Waals surface area contributed by atoms with Crippen molar-refractivity contribution in [3.05, 3.63) is 29.3 Å². The van der Waals surface area contributed by atoms with Gasteiger partial charge < -0.3 is 10.2 Å². The number of amides is 1. The van der Waals surface area contributed by atoms with E-state index in [1.807, 2.05) is 0 Å². The second-order valence-corrected chi connectivity index (χ2v) is 5.40. The van der Waals surface area contributed by atoms with Gasteiger partial charge in [0.2, 0.25) is 0 Å². The molecule has 0 atom stereocenters. The summed E-state index contributed by atoms with van der Waals surface area (Å²) in [6, 6.07) is 2.17. The highest BCUT2D eigenvalue weighted by atomic mass is 19.1. The lowest BCUT2D eigenvalue weighted by Gasteiger charge is -2.21. The van der Waals surface area contributed by atoms with Gasteiger partial charge in [0, 0.05) is 26.2 Å². The van der Waals surface area contributed by atoms with Crippen molar-refractivity contribution in [1.29, 1.82) is 0 Å². The largest absolute Gasteiger partial charge is 0.383 e. The van der Waals surface area contributed by atoms with Crippen molar-refractivity contribution in [1.82, 2.24) is 4.90 Å². The van der Waals surface area contributed by atoms with Gasteiger partial charge in [0.1, 0.15) is 17.3 Å². The fraction of sp³-hybridized carbons (Fsp3) is 0.533. The number of nitrogens with one attached hydrogen (secondary N) is 1. The molecule has 110 valence electrons. The van der Waals surface area contributed by atoms with Crippen molar-refractivity contribution >= 4 is 11.6 Å². The van der Waals surface area contributed by atoms with Crippen molar-refractivity contribution in [3.63, 3.8) is 0 Å². The first-order valence-corrected chi connectivity index (χ1v) is 6.95. The zero-order chi connectivity index (χ0) is 14.7. The number of hydrogen-bond acceptors (Lipinski definition) is 2. The molecule has 0 saturated heterocycles. The summed E-state index contributed by atoms with van der Waals surface area (Å²) in [7, 11) is 3.12. The lowest BCUT2D eigenvalue weighted by atomic mass is 10.1. The molecule has 1 aliphatic carbocycles. The van der Waals surface area contributed by atoms with Crippen LogP contribution in [-0.2, 0) is 0 Å². The minimum absolute atomic E-state index is 0.0551.